The first-order valence-electron chi connectivity index (χ1n) is 6.30. The lowest BCUT2D eigenvalue weighted by Gasteiger charge is -2.12. The minimum absolute atomic E-state index is 0.0964. The third-order valence-corrected chi connectivity index (χ3v) is 2.99. The van der Waals surface area contributed by atoms with Gasteiger partial charge in [-0.3, -0.25) is 9.59 Å². The summed E-state index contributed by atoms with van der Waals surface area (Å²) in [5, 5.41) is 0.517. The molecule has 1 aromatic heterocycles. The van der Waals surface area contributed by atoms with E-state index >= 15 is 0 Å². The molecule has 0 bridgehead atoms. The normalized spacial score (nSPS) is 10.6. The summed E-state index contributed by atoms with van der Waals surface area (Å²) >= 11 is 0. The van der Waals surface area contributed by atoms with Gasteiger partial charge in [0.25, 0.3) is 0 Å². The monoisotopic (exact) mass is 272 g/mol. The Bertz CT molecular complexity index is 753. The van der Waals surface area contributed by atoms with E-state index in [1.165, 1.54) is 13.0 Å². The predicted octanol–water partition coefficient (Wildman–Crippen LogP) is 3.06. The summed E-state index contributed by atoms with van der Waals surface area (Å²) in [6, 6.07) is 3.15. The van der Waals surface area contributed by atoms with Crippen LogP contribution in [0.15, 0.2) is 34.0 Å². The van der Waals surface area contributed by atoms with E-state index < -0.39 is 5.97 Å². The van der Waals surface area contributed by atoms with Crippen molar-refractivity contribution >= 4 is 16.9 Å². The van der Waals surface area contributed by atoms with Crippen LogP contribution in [0, 0.1) is 13.8 Å². The lowest BCUT2D eigenvalue weighted by Crippen LogP contribution is -2.08. The number of aryl methyl sites for hydroxylation is 2. The third-order valence-electron chi connectivity index (χ3n) is 2.99. The molecule has 2 aromatic rings. The highest BCUT2D eigenvalue weighted by Crippen LogP contribution is 2.31. The number of carbonyl (C=O) groups excluding carboxylic acids is 1. The van der Waals surface area contributed by atoms with E-state index in [9.17, 15) is 9.59 Å². The van der Waals surface area contributed by atoms with Crippen molar-refractivity contribution in [3.63, 3.8) is 0 Å². The number of carbonyl (C=O) groups is 1. The van der Waals surface area contributed by atoms with Crippen LogP contribution in [-0.2, 0) is 11.2 Å². The average molecular weight is 272 g/mol. The van der Waals surface area contributed by atoms with E-state index in [0.29, 0.717) is 34.5 Å². The first-order valence-corrected chi connectivity index (χ1v) is 6.30. The molecule has 0 unspecified atom stereocenters. The molecule has 4 nitrogen and oxygen atoms in total. The zero-order valence-corrected chi connectivity index (χ0v) is 11.8. The van der Waals surface area contributed by atoms with E-state index in [-0.39, 0.29) is 5.43 Å². The molecule has 0 fully saturated rings. The van der Waals surface area contributed by atoms with Crippen LogP contribution in [0.4, 0.5) is 0 Å². The van der Waals surface area contributed by atoms with E-state index in [2.05, 4.69) is 6.58 Å². The van der Waals surface area contributed by atoms with Crippen LogP contribution in [0.5, 0.6) is 5.75 Å². The first kappa shape index (κ1) is 14.1. The molecular formula is C16H16O4. The molecule has 0 spiro atoms. The highest BCUT2D eigenvalue weighted by atomic mass is 16.5. The molecule has 104 valence electrons. The van der Waals surface area contributed by atoms with Gasteiger partial charge in [0, 0.05) is 18.6 Å². The molecule has 0 saturated heterocycles. The Labute approximate surface area is 116 Å². The Hall–Kier alpha value is -2.36. The Morgan fingerprint density at radius 1 is 1.40 bits per heavy atom. The van der Waals surface area contributed by atoms with Gasteiger partial charge in [-0.05, 0) is 31.9 Å². The van der Waals surface area contributed by atoms with Crippen LogP contribution >= 0.6 is 0 Å². The Morgan fingerprint density at radius 3 is 2.70 bits per heavy atom. The SMILES string of the molecule is C=CCc1c(OC(C)=O)cc(C)c2c(=O)cc(C)oc12. The van der Waals surface area contributed by atoms with Crippen LogP contribution in [0.25, 0.3) is 11.0 Å². The number of allylic oxidation sites excluding steroid dienone is 1. The lowest BCUT2D eigenvalue weighted by molar-refractivity contribution is -0.131. The van der Waals surface area contributed by atoms with Crippen LogP contribution in [0.3, 0.4) is 0 Å². The van der Waals surface area contributed by atoms with Crippen molar-refractivity contribution in [2.24, 2.45) is 0 Å². The zero-order chi connectivity index (χ0) is 14.9. The van der Waals surface area contributed by atoms with Gasteiger partial charge < -0.3 is 9.15 Å². The van der Waals surface area contributed by atoms with Gasteiger partial charge in [-0.2, -0.15) is 0 Å². The minimum Gasteiger partial charge on any atom is -0.461 e. The van der Waals surface area contributed by atoms with E-state index in [0.717, 1.165) is 5.56 Å². The highest BCUT2D eigenvalue weighted by Gasteiger charge is 2.16. The fourth-order valence-corrected chi connectivity index (χ4v) is 2.25. The quantitative estimate of drug-likeness (QED) is 0.489. The number of fused-ring (bicyclic) bond motifs is 1. The molecule has 0 aliphatic heterocycles. The number of hydrogen-bond donors (Lipinski definition) is 0. The molecule has 1 heterocycles. The molecule has 1 aromatic carbocycles. The van der Waals surface area contributed by atoms with Crippen LogP contribution < -0.4 is 10.2 Å². The number of benzene rings is 1. The molecule has 0 amide bonds. The van der Waals surface area contributed by atoms with Crippen molar-refractivity contribution in [2.75, 3.05) is 0 Å². The highest BCUT2D eigenvalue weighted by molar-refractivity contribution is 5.86. The number of hydrogen-bond acceptors (Lipinski definition) is 4. The van der Waals surface area contributed by atoms with Crippen molar-refractivity contribution < 1.29 is 13.9 Å². The summed E-state index contributed by atoms with van der Waals surface area (Å²) in [6.07, 6.45) is 2.13. The van der Waals surface area contributed by atoms with Crippen LogP contribution in [0.2, 0.25) is 0 Å². The summed E-state index contributed by atoms with van der Waals surface area (Å²) in [5.41, 5.74) is 1.75. The smallest absolute Gasteiger partial charge is 0.308 e. The van der Waals surface area contributed by atoms with Gasteiger partial charge in [0.15, 0.2) is 5.43 Å². The molecule has 0 aliphatic carbocycles. The van der Waals surface area contributed by atoms with E-state index in [4.69, 9.17) is 9.15 Å². The summed E-state index contributed by atoms with van der Waals surface area (Å²) in [4.78, 5) is 23.3. The Balaban J connectivity index is 2.89. The molecular weight excluding hydrogens is 256 g/mol. The van der Waals surface area contributed by atoms with Crippen molar-refractivity contribution in [1.29, 1.82) is 0 Å². The Kier molecular flexibility index (Phi) is 3.74. The molecule has 0 radical (unpaired) electrons. The summed E-state index contributed by atoms with van der Waals surface area (Å²) in [7, 11) is 0. The zero-order valence-electron chi connectivity index (χ0n) is 11.8. The Morgan fingerprint density at radius 2 is 2.10 bits per heavy atom. The standard InChI is InChI=1S/C16H16O4/c1-5-6-12-14(20-11(4)17)7-9(2)15-13(18)8-10(3)19-16(12)15/h5,7-8H,1,6H2,2-4H3. The first-order chi connectivity index (χ1) is 9.43. The molecule has 20 heavy (non-hydrogen) atoms. The van der Waals surface area contributed by atoms with Crippen molar-refractivity contribution in [3.8, 4) is 5.75 Å². The topological polar surface area (TPSA) is 56.5 Å². The van der Waals surface area contributed by atoms with Crippen molar-refractivity contribution in [1.82, 2.24) is 0 Å². The van der Waals surface area contributed by atoms with Crippen LogP contribution in [-0.4, -0.2) is 5.97 Å². The van der Waals surface area contributed by atoms with Gasteiger partial charge in [0.2, 0.25) is 0 Å². The van der Waals surface area contributed by atoms with Gasteiger partial charge in [-0.15, -0.1) is 6.58 Å². The predicted molar refractivity (Wildman–Crippen MR) is 77.2 cm³/mol. The molecule has 0 aliphatic rings. The molecule has 0 saturated carbocycles. The molecule has 2 rings (SSSR count). The lowest BCUT2D eigenvalue weighted by atomic mass is 10.0. The second-order valence-electron chi connectivity index (χ2n) is 4.68. The second kappa shape index (κ2) is 5.33. The second-order valence-corrected chi connectivity index (χ2v) is 4.68. The number of rotatable bonds is 3. The maximum Gasteiger partial charge on any atom is 0.308 e. The molecule has 0 atom stereocenters. The third kappa shape index (κ3) is 2.50. The number of esters is 1. The van der Waals surface area contributed by atoms with Gasteiger partial charge in [-0.25, -0.2) is 0 Å². The van der Waals surface area contributed by atoms with Gasteiger partial charge in [0.05, 0.1) is 5.39 Å². The average Bonchev–Trinajstić information content (AvgIpc) is 2.32. The summed E-state index contributed by atoms with van der Waals surface area (Å²) in [6.45, 7) is 8.53. The van der Waals surface area contributed by atoms with Gasteiger partial charge >= 0.3 is 5.97 Å². The van der Waals surface area contributed by atoms with E-state index in [1.54, 1.807) is 26.0 Å². The fraction of sp³-hybridized carbons (Fsp3) is 0.250. The fourth-order valence-electron chi connectivity index (χ4n) is 2.25. The molecule has 0 N–H and O–H groups in total. The summed E-state index contributed by atoms with van der Waals surface area (Å²) < 4.78 is 10.9. The maximum absolute atomic E-state index is 12.1. The minimum atomic E-state index is -0.413. The number of ether oxygens (including phenoxy) is 1. The van der Waals surface area contributed by atoms with Crippen LogP contribution in [0.1, 0.15) is 23.8 Å². The van der Waals surface area contributed by atoms with E-state index in [1.807, 2.05) is 0 Å². The molecule has 4 heteroatoms. The summed E-state index contributed by atoms with van der Waals surface area (Å²) in [5.74, 6) is 0.521. The van der Waals surface area contributed by atoms with Gasteiger partial charge in [-0.1, -0.05) is 6.08 Å². The van der Waals surface area contributed by atoms with Crippen molar-refractivity contribution in [2.45, 2.75) is 27.2 Å². The van der Waals surface area contributed by atoms with Crippen molar-refractivity contribution in [3.05, 3.63) is 51.9 Å². The largest absolute Gasteiger partial charge is 0.461 e. The van der Waals surface area contributed by atoms with Gasteiger partial charge in [0.1, 0.15) is 17.1 Å². The maximum atomic E-state index is 12.1.